The van der Waals surface area contributed by atoms with Crippen molar-refractivity contribution in [2.45, 2.75) is 19.3 Å². The number of rotatable bonds is 5. The van der Waals surface area contributed by atoms with E-state index in [2.05, 4.69) is 6.42 Å². The fraction of sp³-hybridized carbons (Fsp3) is 0.833. The Balaban J connectivity index is 2.53. The number of unbranched alkanes of at least 4 members (excludes halogenated alkanes) is 3. The maximum atomic E-state index is 5.27. The maximum absolute atomic E-state index is 5.27. The van der Waals surface area contributed by atoms with Crippen LogP contribution in [0.25, 0.3) is 0 Å². The van der Waals surface area contributed by atoms with Crippen molar-refractivity contribution in [3.8, 4) is 0 Å². The van der Waals surface area contributed by atoms with Crippen LogP contribution in [-0.2, 0) is 0 Å². The van der Waals surface area contributed by atoms with Crippen molar-refractivity contribution in [3.63, 3.8) is 0 Å². The average molecular weight is 115 g/mol. The van der Waals surface area contributed by atoms with Gasteiger partial charge in [0, 0.05) is 0 Å². The van der Waals surface area contributed by atoms with Crippen molar-refractivity contribution in [2.75, 3.05) is 13.1 Å². The molecule has 0 aliphatic carbocycles. The molecule has 1 radical (unpaired) electrons. The van der Waals surface area contributed by atoms with Crippen molar-refractivity contribution in [1.29, 1.82) is 0 Å². The van der Waals surface area contributed by atoms with E-state index in [1.807, 2.05) is 0 Å². The summed E-state index contributed by atoms with van der Waals surface area (Å²) in [6, 6.07) is 0. The summed E-state index contributed by atoms with van der Waals surface area (Å²) >= 11 is 0. The lowest BCUT2D eigenvalue weighted by molar-refractivity contribution is 0.728. The molecule has 8 heavy (non-hydrogen) atoms. The fourth-order valence-electron chi connectivity index (χ4n) is 0.551. The second-order valence-electron chi connectivity index (χ2n) is 1.81. The highest BCUT2D eigenvalue weighted by molar-refractivity contribution is 4.63. The summed E-state index contributed by atoms with van der Waals surface area (Å²) in [5.41, 5.74) is 10.5. The molecule has 0 saturated carbocycles. The van der Waals surface area contributed by atoms with Crippen LogP contribution in [0.1, 0.15) is 19.3 Å². The maximum Gasteiger partial charge on any atom is -0.00457 e. The van der Waals surface area contributed by atoms with Gasteiger partial charge in [-0.25, -0.2) is 0 Å². The zero-order chi connectivity index (χ0) is 6.24. The molecule has 0 fully saturated rings. The Hall–Kier alpha value is -0.0800. The molecule has 0 atom stereocenters. The molecule has 2 nitrogen and oxygen atoms in total. The molecule has 0 unspecified atom stereocenters. The van der Waals surface area contributed by atoms with Gasteiger partial charge in [0.25, 0.3) is 0 Å². The number of nitrogens with two attached hydrogens (primary N) is 2. The quantitative estimate of drug-likeness (QED) is 0.505. The van der Waals surface area contributed by atoms with Crippen molar-refractivity contribution in [3.05, 3.63) is 6.42 Å². The summed E-state index contributed by atoms with van der Waals surface area (Å²) in [6.45, 7) is 1.50. The van der Waals surface area contributed by atoms with Crippen molar-refractivity contribution < 1.29 is 0 Å². The molecule has 0 aromatic rings. The van der Waals surface area contributed by atoms with E-state index >= 15 is 0 Å². The Morgan fingerprint density at radius 1 is 1.12 bits per heavy atom. The van der Waals surface area contributed by atoms with Crippen LogP contribution in [0.4, 0.5) is 0 Å². The first-order valence-electron chi connectivity index (χ1n) is 3.13. The molecule has 0 aliphatic heterocycles. The van der Waals surface area contributed by atoms with Crippen molar-refractivity contribution in [2.24, 2.45) is 11.5 Å². The van der Waals surface area contributed by atoms with Crippen LogP contribution in [0.3, 0.4) is 0 Å². The molecule has 0 aromatic heterocycles. The van der Waals surface area contributed by atoms with E-state index < -0.39 is 0 Å². The van der Waals surface area contributed by atoms with Gasteiger partial charge in [0.15, 0.2) is 0 Å². The van der Waals surface area contributed by atoms with E-state index in [9.17, 15) is 0 Å². The minimum absolute atomic E-state index is 0.699. The minimum atomic E-state index is 0.699. The molecule has 0 heterocycles. The third kappa shape index (κ3) is 5.92. The zero-order valence-electron chi connectivity index (χ0n) is 5.27. The first-order chi connectivity index (χ1) is 3.91. The topological polar surface area (TPSA) is 52.0 Å². The van der Waals surface area contributed by atoms with Gasteiger partial charge in [0.05, 0.1) is 0 Å². The molecule has 0 aliphatic rings. The first-order valence-corrected chi connectivity index (χ1v) is 3.13. The fourth-order valence-corrected chi connectivity index (χ4v) is 0.551. The molecule has 0 bridgehead atoms. The lowest BCUT2D eigenvalue weighted by Crippen LogP contribution is -2.01. The van der Waals surface area contributed by atoms with E-state index in [-0.39, 0.29) is 0 Å². The van der Waals surface area contributed by atoms with Gasteiger partial charge in [-0.15, -0.1) is 0 Å². The van der Waals surface area contributed by atoms with Gasteiger partial charge in [0.1, 0.15) is 0 Å². The van der Waals surface area contributed by atoms with Gasteiger partial charge >= 0.3 is 0 Å². The predicted octanol–water partition coefficient (Wildman–Crippen LogP) is 0.278. The molecule has 4 N–H and O–H groups in total. The zero-order valence-corrected chi connectivity index (χ0v) is 5.27. The SMILES string of the molecule is NC[CH]CCCCN. The number of hydrogen-bond acceptors (Lipinski definition) is 2. The third-order valence-electron chi connectivity index (χ3n) is 1.03. The Labute approximate surface area is 51.2 Å². The molecular weight excluding hydrogens is 100 g/mol. The largest absolute Gasteiger partial charge is 0.330 e. The standard InChI is InChI=1S/C6H15N2/c7-5-3-1-2-4-6-8/h3H,1-2,4-8H2. The molecule has 0 spiro atoms. The molecular formula is C6H15N2. The second-order valence-corrected chi connectivity index (χ2v) is 1.81. The highest BCUT2D eigenvalue weighted by Gasteiger charge is 1.83. The first kappa shape index (κ1) is 7.92. The van der Waals surface area contributed by atoms with E-state index in [0.29, 0.717) is 6.54 Å². The van der Waals surface area contributed by atoms with Gasteiger partial charge in [0.2, 0.25) is 0 Å². The average Bonchev–Trinajstić information content (AvgIpc) is 1.81. The molecule has 49 valence electrons. The van der Waals surface area contributed by atoms with Crippen molar-refractivity contribution in [1.82, 2.24) is 0 Å². The molecule has 0 rings (SSSR count). The van der Waals surface area contributed by atoms with Crippen LogP contribution in [0, 0.1) is 6.42 Å². The summed E-state index contributed by atoms with van der Waals surface area (Å²) in [4.78, 5) is 0. The Bertz CT molecular complexity index is 31.5. The van der Waals surface area contributed by atoms with Crippen LogP contribution < -0.4 is 11.5 Å². The van der Waals surface area contributed by atoms with E-state index in [0.717, 1.165) is 19.4 Å². The van der Waals surface area contributed by atoms with Crippen LogP contribution in [-0.4, -0.2) is 13.1 Å². The summed E-state index contributed by atoms with van der Waals surface area (Å²) in [5.74, 6) is 0. The highest BCUT2D eigenvalue weighted by Crippen LogP contribution is 1.94. The summed E-state index contributed by atoms with van der Waals surface area (Å²) < 4.78 is 0. The Morgan fingerprint density at radius 2 is 1.88 bits per heavy atom. The third-order valence-corrected chi connectivity index (χ3v) is 1.03. The Kier molecular flexibility index (Phi) is 6.85. The minimum Gasteiger partial charge on any atom is -0.330 e. The predicted molar refractivity (Wildman–Crippen MR) is 36.3 cm³/mol. The molecule has 0 saturated heterocycles. The lowest BCUT2D eigenvalue weighted by atomic mass is 10.2. The van der Waals surface area contributed by atoms with E-state index in [1.54, 1.807) is 0 Å². The summed E-state index contributed by atoms with van der Waals surface area (Å²) in [5, 5.41) is 0. The smallest absolute Gasteiger partial charge is 0.00457 e. The van der Waals surface area contributed by atoms with Crippen molar-refractivity contribution >= 4 is 0 Å². The van der Waals surface area contributed by atoms with E-state index in [1.165, 1.54) is 6.42 Å². The summed E-state index contributed by atoms with van der Waals surface area (Å²) in [7, 11) is 0. The monoisotopic (exact) mass is 115 g/mol. The van der Waals surface area contributed by atoms with Gasteiger partial charge in [-0.1, -0.05) is 6.42 Å². The van der Waals surface area contributed by atoms with Crippen LogP contribution in [0.2, 0.25) is 0 Å². The molecule has 0 aromatic carbocycles. The summed E-state index contributed by atoms with van der Waals surface area (Å²) in [6.07, 6.45) is 5.51. The van der Waals surface area contributed by atoms with Gasteiger partial charge in [-0.3, -0.25) is 0 Å². The van der Waals surface area contributed by atoms with Gasteiger partial charge in [-0.2, -0.15) is 0 Å². The normalized spacial score (nSPS) is 9.75. The molecule has 0 amide bonds. The Morgan fingerprint density at radius 3 is 2.38 bits per heavy atom. The number of hydrogen-bond donors (Lipinski definition) is 2. The highest BCUT2D eigenvalue weighted by atomic mass is 14.5. The van der Waals surface area contributed by atoms with Gasteiger partial charge < -0.3 is 11.5 Å². The van der Waals surface area contributed by atoms with Crippen LogP contribution in [0.15, 0.2) is 0 Å². The van der Waals surface area contributed by atoms with E-state index in [4.69, 9.17) is 11.5 Å². The lowest BCUT2D eigenvalue weighted by Gasteiger charge is -1.93. The van der Waals surface area contributed by atoms with Crippen LogP contribution >= 0.6 is 0 Å². The van der Waals surface area contributed by atoms with Gasteiger partial charge in [-0.05, 0) is 32.4 Å². The van der Waals surface area contributed by atoms with Crippen LogP contribution in [0.5, 0.6) is 0 Å². The molecule has 2 heteroatoms. The second kappa shape index (κ2) is 6.92.